The third-order valence-electron chi connectivity index (χ3n) is 3.44. The molecule has 0 bridgehead atoms. The highest BCUT2D eigenvalue weighted by atomic mass is 35.5. The van der Waals surface area contributed by atoms with E-state index in [4.69, 9.17) is 39.5 Å². The van der Waals surface area contributed by atoms with Gasteiger partial charge in [0.1, 0.15) is 11.2 Å². The molecular formula is C16H12Cl3N3O2S. The van der Waals surface area contributed by atoms with Gasteiger partial charge in [0.25, 0.3) is 5.91 Å². The third-order valence-corrected chi connectivity index (χ3v) is 5.67. The molecule has 3 rings (SSSR count). The molecule has 3 aromatic rings. The number of hydrogen-bond acceptors (Lipinski definition) is 5. The van der Waals surface area contributed by atoms with E-state index in [0.29, 0.717) is 42.9 Å². The quantitative estimate of drug-likeness (QED) is 0.561. The lowest BCUT2D eigenvalue weighted by atomic mass is 10.2. The van der Waals surface area contributed by atoms with Gasteiger partial charge in [-0.25, -0.2) is 9.97 Å². The Labute approximate surface area is 162 Å². The van der Waals surface area contributed by atoms with Crippen molar-refractivity contribution in [3.8, 4) is 5.88 Å². The Morgan fingerprint density at radius 3 is 2.64 bits per heavy atom. The molecule has 2 aromatic heterocycles. The summed E-state index contributed by atoms with van der Waals surface area (Å²) in [6.07, 6.45) is 1.42. The first-order chi connectivity index (χ1) is 11.9. The second-order valence-electron chi connectivity index (χ2n) is 5.05. The van der Waals surface area contributed by atoms with Crippen LogP contribution < -0.4 is 10.1 Å². The van der Waals surface area contributed by atoms with Crippen molar-refractivity contribution in [3.05, 3.63) is 44.0 Å². The molecule has 1 amide bonds. The van der Waals surface area contributed by atoms with Crippen LogP contribution in [0.4, 0.5) is 5.69 Å². The molecule has 1 N–H and O–H groups in total. The highest BCUT2D eigenvalue weighted by molar-refractivity contribution is 7.20. The fourth-order valence-corrected chi connectivity index (χ4v) is 3.93. The van der Waals surface area contributed by atoms with Gasteiger partial charge in [-0.1, -0.05) is 34.8 Å². The van der Waals surface area contributed by atoms with Gasteiger partial charge in [-0.2, -0.15) is 0 Å². The fourth-order valence-electron chi connectivity index (χ4n) is 2.30. The highest BCUT2D eigenvalue weighted by Gasteiger charge is 2.21. The van der Waals surface area contributed by atoms with Gasteiger partial charge < -0.3 is 10.1 Å². The average molecular weight is 417 g/mol. The maximum Gasteiger partial charge on any atom is 0.266 e. The Hall–Kier alpha value is -1.60. The van der Waals surface area contributed by atoms with Gasteiger partial charge in [0.2, 0.25) is 5.88 Å². The first-order valence-electron chi connectivity index (χ1n) is 7.25. The lowest BCUT2D eigenvalue weighted by molar-refractivity contribution is 0.103. The molecule has 2 heterocycles. The predicted molar refractivity (Wildman–Crippen MR) is 103 cm³/mol. The molecule has 0 aliphatic carbocycles. The summed E-state index contributed by atoms with van der Waals surface area (Å²) < 4.78 is 5.53. The van der Waals surface area contributed by atoms with Crippen molar-refractivity contribution >= 4 is 68.0 Å². The van der Waals surface area contributed by atoms with E-state index < -0.39 is 0 Å². The summed E-state index contributed by atoms with van der Waals surface area (Å²) >= 11 is 19.3. The molecule has 0 aliphatic heterocycles. The Balaban J connectivity index is 1.99. The summed E-state index contributed by atoms with van der Waals surface area (Å²) in [4.78, 5) is 22.2. The Bertz CT molecular complexity index is 975. The number of aryl methyl sites for hydroxylation is 1. The first-order valence-corrected chi connectivity index (χ1v) is 9.20. The number of rotatable bonds is 4. The Morgan fingerprint density at radius 2 is 1.92 bits per heavy atom. The van der Waals surface area contributed by atoms with E-state index in [-0.39, 0.29) is 5.91 Å². The van der Waals surface area contributed by atoms with Crippen molar-refractivity contribution in [2.45, 2.75) is 13.8 Å². The van der Waals surface area contributed by atoms with Gasteiger partial charge in [0.15, 0.2) is 0 Å². The minimum absolute atomic E-state index is 0.302. The van der Waals surface area contributed by atoms with Crippen LogP contribution in [-0.2, 0) is 0 Å². The molecule has 5 nitrogen and oxygen atoms in total. The van der Waals surface area contributed by atoms with E-state index in [9.17, 15) is 4.79 Å². The van der Waals surface area contributed by atoms with Crippen LogP contribution in [0.25, 0.3) is 10.2 Å². The van der Waals surface area contributed by atoms with Crippen molar-refractivity contribution in [2.24, 2.45) is 0 Å². The number of amides is 1. The number of carbonyl (C=O) groups is 1. The lowest BCUT2D eigenvalue weighted by Gasteiger charge is -2.08. The van der Waals surface area contributed by atoms with Crippen LogP contribution in [-0.4, -0.2) is 22.5 Å². The van der Waals surface area contributed by atoms with E-state index in [1.54, 1.807) is 0 Å². The first kappa shape index (κ1) is 18.2. The van der Waals surface area contributed by atoms with Crippen LogP contribution in [0.15, 0.2) is 18.5 Å². The number of thiophene rings is 1. The summed E-state index contributed by atoms with van der Waals surface area (Å²) in [7, 11) is 0. The van der Waals surface area contributed by atoms with E-state index in [2.05, 4.69) is 15.3 Å². The number of anilines is 1. The minimum atomic E-state index is -0.316. The lowest BCUT2D eigenvalue weighted by Crippen LogP contribution is -2.11. The van der Waals surface area contributed by atoms with Crippen molar-refractivity contribution in [3.63, 3.8) is 0 Å². The highest BCUT2D eigenvalue weighted by Crippen LogP contribution is 2.36. The fraction of sp³-hybridized carbons (Fsp3) is 0.188. The van der Waals surface area contributed by atoms with Gasteiger partial charge in [-0.05, 0) is 31.5 Å². The van der Waals surface area contributed by atoms with Gasteiger partial charge >= 0.3 is 0 Å². The molecule has 0 fully saturated rings. The van der Waals surface area contributed by atoms with Crippen LogP contribution in [0.5, 0.6) is 5.88 Å². The summed E-state index contributed by atoms with van der Waals surface area (Å²) in [5.74, 6) is 0.149. The summed E-state index contributed by atoms with van der Waals surface area (Å²) in [6, 6.07) is 3.00. The van der Waals surface area contributed by atoms with E-state index >= 15 is 0 Å². The molecule has 9 heteroatoms. The Kier molecular flexibility index (Phi) is 5.34. The molecule has 1 aromatic carbocycles. The van der Waals surface area contributed by atoms with Gasteiger partial charge in [0.05, 0.1) is 37.6 Å². The molecule has 25 heavy (non-hydrogen) atoms. The van der Waals surface area contributed by atoms with E-state index in [0.717, 1.165) is 10.9 Å². The topological polar surface area (TPSA) is 64.1 Å². The van der Waals surface area contributed by atoms with Crippen molar-refractivity contribution in [1.82, 2.24) is 9.97 Å². The number of nitrogens with one attached hydrogen (secondary N) is 1. The standard InChI is InChI=1S/C16H12Cl3N3O2S/c1-3-24-15-12-7(2)13(25-16(12)21-6-20-15)14(23)22-11-5-9(18)8(17)4-10(11)19/h4-6H,3H2,1-2H3,(H,22,23). The summed E-state index contributed by atoms with van der Waals surface area (Å²) in [5.41, 5.74) is 1.13. The zero-order valence-electron chi connectivity index (χ0n) is 13.2. The monoisotopic (exact) mass is 415 g/mol. The number of carbonyl (C=O) groups excluding carboxylic acids is 1. The smallest absolute Gasteiger partial charge is 0.266 e. The second-order valence-corrected chi connectivity index (χ2v) is 7.27. The summed E-state index contributed by atoms with van der Waals surface area (Å²) in [5, 5.41) is 4.42. The predicted octanol–water partition coefficient (Wildman–Crippen LogP) is 5.61. The number of fused-ring (bicyclic) bond motifs is 1. The Morgan fingerprint density at radius 1 is 1.20 bits per heavy atom. The number of halogens is 3. The molecule has 0 atom stereocenters. The molecule has 130 valence electrons. The third kappa shape index (κ3) is 3.53. The zero-order chi connectivity index (χ0) is 18.1. The number of hydrogen-bond donors (Lipinski definition) is 1. The van der Waals surface area contributed by atoms with E-state index in [1.165, 1.54) is 29.8 Å². The van der Waals surface area contributed by atoms with Crippen LogP contribution >= 0.6 is 46.1 Å². The van der Waals surface area contributed by atoms with Crippen molar-refractivity contribution < 1.29 is 9.53 Å². The molecule has 0 spiro atoms. The SMILES string of the molecule is CCOc1ncnc2sc(C(=O)Nc3cc(Cl)c(Cl)cc3Cl)c(C)c12. The largest absolute Gasteiger partial charge is 0.477 e. The maximum absolute atomic E-state index is 12.7. The minimum Gasteiger partial charge on any atom is -0.477 e. The maximum atomic E-state index is 12.7. The number of benzene rings is 1. The molecule has 0 saturated heterocycles. The van der Waals surface area contributed by atoms with Crippen LogP contribution in [0.1, 0.15) is 22.2 Å². The second kappa shape index (κ2) is 7.33. The molecule has 0 aliphatic rings. The number of aromatic nitrogens is 2. The number of ether oxygens (including phenoxy) is 1. The molecule has 0 saturated carbocycles. The van der Waals surface area contributed by atoms with Crippen LogP contribution in [0, 0.1) is 6.92 Å². The molecule has 0 radical (unpaired) electrons. The van der Waals surface area contributed by atoms with Crippen molar-refractivity contribution in [2.75, 3.05) is 11.9 Å². The molecular weight excluding hydrogens is 405 g/mol. The zero-order valence-corrected chi connectivity index (χ0v) is 16.3. The van der Waals surface area contributed by atoms with Gasteiger partial charge in [-0.15, -0.1) is 11.3 Å². The van der Waals surface area contributed by atoms with Gasteiger partial charge in [-0.3, -0.25) is 4.79 Å². The summed E-state index contributed by atoms with van der Waals surface area (Å²) in [6.45, 7) is 4.17. The van der Waals surface area contributed by atoms with Gasteiger partial charge in [0, 0.05) is 0 Å². The van der Waals surface area contributed by atoms with Crippen molar-refractivity contribution in [1.29, 1.82) is 0 Å². The van der Waals surface area contributed by atoms with Crippen LogP contribution in [0.3, 0.4) is 0 Å². The molecule has 0 unspecified atom stereocenters. The average Bonchev–Trinajstić information content (AvgIpc) is 2.91. The normalized spacial score (nSPS) is 10.9. The number of nitrogens with zero attached hydrogens (tertiary/aromatic N) is 2. The van der Waals surface area contributed by atoms with Crippen LogP contribution in [0.2, 0.25) is 15.1 Å². The van der Waals surface area contributed by atoms with E-state index in [1.807, 2.05) is 13.8 Å².